The third kappa shape index (κ3) is 3.70. The van der Waals surface area contributed by atoms with Crippen molar-refractivity contribution in [2.24, 2.45) is 0 Å². The lowest BCUT2D eigenvalue weighted by molar-refractivity contribution is -0.139. The van der Waals surface area contributed by atoms with E-state index in [1.165, 1.54) is 7.11 Å². The van der Waals surface area contributed by atoms with Crippen LogP contribution in [0.25, 0.3) is 6.08 Å². The van der Waals surface area contributed by atoms with Crippen LogP contribution in [0.15, 0.2) is 28.7 Å². The monoisotopic (exact) mass is 284 g/mol. The van der Waals surface area contributed by atoms with Crippen molar-refractivity contribution >= 4 is 28.0 Å². The van der Waals surface area contributed by atoms with Crippen molar-refractivity contribution in [3.05, 3.63) is 34.3 Å². The van der Waals surface area contributed by atoms with Gasteiger partial charge in [-0.05, 0) is 12.1 Å². The van der Waals surface area contributed by atoms with Gasteiger partial charge >= 0.3 is 5.97 Å². The van der Waals surface area contributed by atoms with E-state index in [2.05, 4.69) is 20.7 Å². The number of hydrogen-bond acceptors (Lipinski definition) is 3. The first kappa shape index (κ1) is 12.8. The van der Waals surface area contributed by atoms with Gasteiger partial charge in [-0.1, -0.05) is 34.1 Å². The zero-order chi connectivity index (χ0) is 12.0. The van der Waals surface area contributed by atoms with E-state index in [0.717, 1.165) is 15.8 Å². The Bertz CT molecular complexity index is 399. The minimum absolute atomic E-state index is 0.257. The van der Waals surface area contributed by atoms with Gasteiger partial charge in [-0.3, -0.25) is 4.79 Å². The Kier molecular flexibility index (Phi) is 5.05. The Labute approximate surface area is 103 Å². The molecule has 1 rings (SSSR count). The summed E-state index contributed by atoms with van der Waals surface area (Å²) in [6.07, 6.45) is 3.84. The van der Waals surface area contributed by atoms with E-state index in [-0.39, 0.29) is 12.4 Å². The van der Waals surface area contributed by atoms with Crippen molar-refractivity contribution in [1.29, 1.82) is 0 Å². The minimum Gasteiger partial charge on any atom is -0.496 e. The predicted octanol–water partition coefficient (Wildman–Crippen LogP) is 3.03. The van der Waals surface area contributed by atoms with Crippen molar-refractivity contribution in [3.8, 4) is 5.75 Å². The molecule has 3 nitrogen and oxygen atoms in total. The van der Waals surface area contributed by atoms with Crippen LogP contribution in [0.2, 0.25) is 0 Å². The topological polar surface area (TPSA) is 35.5 Å². The van der Waals surface area contributed by atoms with Crippen molar-refractivity contribution in [2.75, 3.05) is 14.2 Å². The number of carbonyl (C=O) groups excluding carboxylic acids is 1. The van der Waals surface area contributed by atoms with E-state index in [0.29, 0.717) is 0 Å². The van der Waals surface area contributed by atoms with Gasteiger partial charge in [0.15, 0.2) is 0 Å². The molecule has 1 aromatic rings. The highest BCUT2D eigenvalue weighted by Crippen LogP contribution is 2.24. The highest BCUT2D eigenvalue weighted by atomic mass is 79.9. The zero-order valence-corrected chi connectivity index (χ0v) is 10.8. The third-order valence-electron chi connectivity index (χ3n) is 2.01. The minimum atomic E-state index is -0.257. The SMILES string of the molecule is COC(=O)CC=Cc1ccc(Br)cc1OC. The van der Waals surface area contributed by atoms with Crippen LogP contribution in [-0.2, 0) is 9.53 Å². The number of rotatable bonds is 4. The van der Waals surface area contributed by atoms with E-state index in [4.69, 9.17) is 4.74 Å². The zero-order valence-electron chi connectivity index (χ0n) is 9.20. The Balaban J connectivity index is 2.76. The van der Waals surface area contributed by atoms with Gasteiger partial charge in [0.05, 0.1) is 20.6 Å². The molecule has 0 aliphatic rings. The van der Waals surface area contributed by atoms with Crippen LogP contribution in [0, 0.1) is 0 Å². The van der Waals surface area contributed by atoms with Crippen LogP contribution >= 0.6 is 15.9 Å². The second-order valence-corrected chi connectivity index (χ2v) is 3.98. The van der Waals surface area contributed by atoms with E-state index >= 15 is 0 Å². The van der Waals surface area contributed by atoms with Gasteiger partial charge in [0.25, 0.3) is 0 Å². The van der Waals surface area contributed by atoms with E-state index < -0.39 is 0 Å². The molecule has 0 bridgehead atoms. The van der Waals surface area contributed by atoms with Crippen LogP contribution in [0.1, 0.15) is 12.0 Å². The molecule has 86 valence electrons. The highest BCUT2D eigenvalue weighted by Gasteiger charge is 2.00. The number of hydrogen-bond donors (Lipinski definition) is 0. The molecule has 0 fully saturated rings. The van der Waals surface area contributed by atoms with Gasteiger partial charge in [-0.25, -0.2) is 0 Å². The molecule has 0 atom stereocenters. The van der Waals surface area contributed by atoms with Crippen molar-refractivity contribution < 1.29 is 14.3 Å². The molecule has 0 N–H and O–H groups in total. The highest BCUT2D eigenvalue weighted by molar-refractivity contribution is 9.10. The first-order valence-electron chi connectivity index (χ1n) is 4.74. The maximum Gasteiger partial charge on any atom is 0.309 e. The van der Waals surface area contributed by atoms with E-state index in [1.807, 2.05) is 24.3 Å². The predicted molar refractivity (Wildman–Crippen MR) is 66.4 cm³/mol. The van der Waals surface area contributed by atoms with Crippen LogP contribution in [-0.4, -0.2) is 20.2 Å². The smallest absolute Gasteiger partial charge is 0.309 e. The maximum atomic E-state index is 10.9. The maximum absolute atomic E-state index is 10.9. The molecule has 0 saturated carbocycles. The molecule has 0 spiro atoms. The summed E-state index contributed by atoms with van der Waals surface area (Å²) in [4.78, 5) is 10.9. The normalized spacial score (nSPS) is 10.4. The summed E-state index contributed by atoms with van der Waals surface area (Å²) in [6.45, 7) is 0. The molecule has 0 saturated heterocycles. The summed E-state index contributed by atoms with van der Waals surface area (Å²) in [5, 5.41) is 0. The van der Waals surface area contributed by atoms with E-state index in [1.54, 1.807) is 13.2 Å². The first-order chi connectivity index (χ1) is 7.67. The summed E-state index contributed by atoms with van der Waals surface area (Å²) < 4.78 is 10.7. The Hall–Kier alpha value is -1.29. The van der Waals surface area contributed by atoms with Crippen LogP contribution in [0.5, 0.6) is 5.75 Å². The molecule has 0 amide bonds. The number of carbonyl (C=O) groups is 1. The fourth-order valence-corrected chi connectivity index (χ4v) is 1.53. The van der Waals surface area contributed by atoms with Gasteiger partial charge < -0.3 is 9.47 Å². The number of benzene rings is 1. The molecule has 1 aromatic carbocycles. The molecule has 0 radical (unpaired) electrons. The summed E-state index contributed by atoms with van der Waals surface area (Å²) in [5.41, 5.74) is 0.926. The summed E-state index contributed by atoms with van der Waals surface area (Å²) in [5.74, 6) is 0.503. The molecular weight excluding hydrogens is 272 g/mol. The fraction of sp³-hybridized carbons (Fsp3) is 0.250. The van der Waals surface area contributed by atoms with Gasteiger partial charge in [-0.2, -0.15) is 0 Å². The van der Waals surface area contributed by atoms with Gasteiger partial charge in [-0.15, -0.1) is 0 Å². The van der Waals surface area contributed by atoms with Crippen molar-refractivity contribution in [3.63, 3.8) is 0 Å². The molecule has 4 heteroatoms. The number of halogens is 1. The van der Waals surface area contributed by atoms with Gasteiger partial charge in [0, 0.05) is 10.0 Å². The van der Waals surface area contributed by atoms with Crippen LogP contribution < -0.4 is 4.74 Å². The molecular formula is C12H13BrO3. The van der Waals surface area contributed by atoms with E-state index in [9.17, 15) is 4.79 Å². The Morgan fingerprint density at radius 3 is 2.81 bits per heavy atom. The molecule has 16 heavy (non-hydrogen) atoms. The van der Waals surface area contributed by atoms with Crippen LogP contribution in [0.4, 0.5) is 0 Å². The number of ether oxygens (including phenoxy) is 2. The van der Waals surface area contributed by atoms with Crippen molar-refractivity contribution in [2.45, 2.75) is 6.42 Å². The lowest BCUT2D eigenvalue weighted by atomic mass is 10.2. The summed E-state index contributed by atoms with van der Waals surface area (Å²) in [6, 6.07) is 5.70. The standard InChI is InChI=1S/C12H13BrO3/c1-15-11-8-10(13)7-6-9(11)4-3-5-12(14)16-2/h3-4,6-8H,5H2,1-2H3. The lowest BCUT2D eigenvalue weighted by Crippen LogP contribution is -1.96. The number of methoxy groups -OCH3 is 2. The quantitative estimate of drug-likeness (QED) is 0.798. The van der Waals surface area contributed by atoms with Gasteiger partial charge in [0.2, 0.25) is 0 Å². The Morgan fingerprint density at radius 1 is 1.44 bits per heavy atom. The fourth-order valence-electron chi connectivity index (χ4n) is 1.19. The molecule has 0 heterocycles. The second-order valence-electron chi connectivity index (χ2n) is 3.07. The second kappa shape index (κ2) is 6.33. The van der Waals surface area contributed by atoms with Gasteiger partial charge in [0.1, 0.15) is 5.75 Å². The average molecular weight is 285 g/mol. The number of esters is 1. The van der Waals surface area contributed by atoms with Crippen molar-refractivity contribution in [1.82, 2.24) is 0 Å². The lowest BCUT2D eigenvalue weighted by Gasteiger charge is -2.04. The molecule has 0 aromatic heterocycles. The first-order valence-corrected chi connectivity index (χ1v) is 5.53. The largest absolute Gasteiger partial charge is 0.496 e. The molecule has 0 aliphatic carbocycles. The third-order valence-corrected chi connectivity index (χ3v) is 2.50. The molecule has 0 aliphatic heterocycles. The average Bonchev–Trinajstić information content (AvgIpc) is 2.30. The summed E-state index contributed by atoms with van der Waals surface area (Å²) in [7, 11) is 2.98. The molecule has 0 unspecified atom stereocenters. The summed E-state index contributed by atoms with van der Waals surface area (Å²) >= 11 is 3.36. The Morgan fingerprint density at radius 2 is 2.19 bits per heavy atom. The van der Waals surface area contributed by atoms with Crippen LogP contribution in [0.3, 0.4) is 0 Å².